The van der Waals surface area contributed by atoms with Crippen molar-refractivity contribution < 1.29 is 17.9 Å². The third kappa shape index (κ3) is 12.5. The predicted molar refractivity (Wildman–Crippen MR) is 112 cm³/mol. The van der Waals surface area contributed by atoms with Crippen LogP contribution in [-0.4, -0.2) is 41.4 Å². The second-order valence-electron chi connectivity index (χ2n) is 9.86. The van der Waals surface area contributed by atoms with Crippen LogP contribution in [0.1, 0.15) is 88.0 Å². The van der Waals surface area contributed by atoms with Crippen molar-refractivity contribution >= 4 is 27.9 Å². The minimum Gasteiger partial charge on any atom is -0.443 e. The van der Waals surface area contributed by atoms with Gasteiger partial charge in [-0.25, -0.2) is 4.79 Å². The summed E-state index contributed by atoms with van der Waals surface area (Å²) in [5.74, 6) is 0.590. The van der Waals surface area contributed by atoms with E-state index >= 15 is 0 Å². The number of alkyl halides is 1. The van der Waals surface area contributed by atoms with Crippen LogP contribution in [0.25, 0.3) is 0 Å². The zero-order chi connectivity index (χ0) is 21.7. The number of amides is 1. The molecule has 162 valence electrons. The first-order valence-corrected chi connectivity index (χ1v) is 11.4. The molecular weight excluding hydrogens is 388 g/mol. The van der Waals surface area contributed by atoms with Gasteiger partial charge < -0.3 is 4.74 Å². The molecule has 0 spiro atoms. The van der Waals surface area contributed by atoms with E-state index < -0.39 is 32.3 Å². The van der Waals surface area contributed by atoms with E-state index in [0.29, 0.717) is 12.3 Å². The fourth-order valence-corrected chi connectivity index (χ4v) is 4.07. The molecule has 0 fully saturated rings. The molecule has 0 radical (unpaired) electrons. The van der Waals surface area contributed by atoms with Crippen molar-refractivity contribution in [3.63, 3.8) is 0 Å². The lowest BCUT2D eigenvalue weighted by Crippen LogP contribution is -2.52. The summed E-state index contributed by atoms with van der Waals surface area (Å²) in [5.41, 5.74) is -1.52. The Morgan fingerprint density at radius 3 is 2.00 bits per heavy atom. The highest BCUT2D eigenvalue weighted by Crippen LogP contribution is 2.28. The van der Waals surface area contributed by atoms with Gasteiger partial charge in [0, 0.05) is 17.0 Å². The van der Waals surface area contributed by atoms with Crippen LogP contribution in [0, 0.1) is 5.92 Å². The van der Waals surface area contributed by atoms with Gasteiger partial charge in [0.1, 0.15) is 5.60 Å². The van der Waals surface area contributed by atoms with Gasteiger partial charge in [-0.2, -0.15) is 17.4 Å². The molecule has 8 heteroatoms. The van der Waals surface area contributed by atoms with Crippen molar-refractivity contribution in [1.29, 1.82) is 0 Å². The quantitative estimate of drug-likeness (QED) is 0.522. The lowest BCUT2D eigenvalue weighted by molar-refractivity contribution is 0.0384. The normalized spacial score (nSPS) is 15.5. The summed E-state index contributed by atoms with van der Waals surface area (Å²) in [4.78, 5) is 12.0. The Hall–Kier alpha value is -0.530. The van der Waals surface area contributed by atoms with Gasteiger partial charge in [0.05, 0.1) is 0 Å². The van der Waals surface area contributed by atoms with Crippen LogP contribution in [0.2, 0.25) is 0 Å². The van der Waals surface area contributed by atoms with Gasteiger partial charge in [-0.15, -0.1) is 11.6 Å². The highest BCUT2D eigenvalue weighted by atomic mass is 35.5. The van der Waals surface area contributed by atoms with Gasteiger partial charge in [0.2, 0.25) is 0 Å². The van der Waals surface area contributed by atoms with Crippen LogP contribution in [0.4, 0.5) is 4.79 Å². The molecule has 0 saturated heterocycles. The van der Waals surface area contributed by atoms with Gasteiger partial charge in [0.25, 0.3) is 0 Å². The molecule has 0 aliphatic heterocycles. The van der Waals surface area contributed by atoms with E-state index in [2.05, 4.69) is 18.6 Å². The Balaban J connectivity index is 5.29. The molecule has 0 aromatic rings. The standard InChI is InChI=1S/C19H39ClN2O4S/c1-15(2)11-10-12-19(9,20)13-14-22(16(23)26-18(6,7)8)27(24,25)21-17(3,4)5/h15,21H,10-14H2,1-9H3. The average molecular weight is 427 g/mol. The first-order chi connectivity index (χ1) is 11.8. The maximum Gasteiger partial charge on any atom is 0.425 e. The smallest absolute Gasteiger partial charge is 0.425 e. The molecule has 0 saturated carbocycles. The molecule has 0 aliphatic carbocycles. The van der Waals surface area contributed by atoms with E-state index in [9.17, 15) is 13.2 Å². The third-order valence-corrected chi connectivity index (χ3v) is 5.80. The zero-order valence-electron chi connectivity index (χ0n) is 18.5. The monoisotopic (exact) mass is 426 g/mol. The molecule has 0 heterocycles. The molecule has 1 unspecified atom stereocenters. The van der Waals surface area contributed by atoms with Crippen LogP contribution in [-0.2, 0) is 14.9 Å². The van der Waals surface area contributed by atoms with Crippen LogP contribution >= 0.6 is 11.6 Å². The molecule has 27 heavy (non-hydrogen) atoms. The largest absolute Gasteiger partial charge is 0.443 e. The molecule has 1 N–H and O–H groups in total. The molecule has 0 rings (SSSR count). The number of carbonyl (C=O) groups excluding carboxylic acids is 1. The lowest BCUT2D eigenvalue weighted by Gasteiger charge is -2.32. The molecular formula is C19H39ClN2O4S. The molecule has 1 atom stereocenters. The van der Waals surface area contributed by atoms with Crippen molar-refractivity contribution in [2.75, 3.05) is 6.54 Å². The number of carbonyl (C=O) groups is 1. The van der Waals surface area contributed by atoms with E-state index in [-0.39, 0.29) is 6.54 Å². The number of ether oxygens (including phenoxy) is 1. The summed E-state index contributed by atoms with van der Waals surface area (Å²) < 4.78 is 34.1. The minimum absolute atomic E-state index is 0.0397. The number of nitrogens with one attached hydrogen (secondary N) is 1. The second-order valence-corrected chi connectivity index (χ2v) is 12.4. The van der Waals surface area contributed by atoms with E-state index in [4.69, 9.17) is 16.3 Å². The first-order valence-electron chi connectivity index (χ1n) is 9.58. The fourth-order valence-electron chi connectivity index (χ4n) is 2.40. The number of nitrogens with zero attached hydrogens (tertiary/aromatic N) is 1. The summed E-state index contributed by atoms with van der Waals surface area (Å²) in [6.45, 7) is 16.4. The van der Waals surface area contributed by atoms with Gasteiger partial charge in [-0.05, 0) is 67.2 Å². The van der Waals surface area contributed by atoms with Crippen LogP contribution < -0.4 is 4.72 Å². The number of hydrogen-bond acceptors (Lipinski definition) is 4. The van der Waals surface area contributed by atoms with E-state index in [1.54, 1.807) is 41.5 Å². The molecule has 0 aromatic heterocycles. The first kappa shape index (κ1) is 26.5. The fraction of sp³-hybridized carbons (Fsp3) is 0.947. The lowest BCUT2D eigenvalue weighted by atomic mass is 9.96. The number of rotatable bonds is 9. The summed E-state index contributed by atoms with van der Waals surface area (Å²) >= 11 is 6.59. The summed E-state index contributed by atoms with van der Waals surface area (Å²) in [5, 5.41) is 0. The molecule has 0 bridgehead atoms. The Morgan fingerprint density at radius 1 is 1.07 bits per heavy atom. The van der Waals surface area contributed by atoms with Crippen LogP contribution in [0.3, 0.4) is 0 Å². The van der Waals surface area contributed by atoms with E-state index in [1.807, 2.05) is 6.92 Å². The highest BCUT2D eigenvalue weighted by molar-refractivity contribution is 7.87. The third-order valence-electron chi connectivity index (χ3n) is 3.64. The van der Waals surface area contributed by atoms with E-state index in [0.717, 1.165) is 23.6 Å². The summed E-state index contributed by atoms with van der Waals surface area (Å²) in [6, 6.07) is 0. The zero-order valence-corrected chi connectivity index (χ0v) is 20.1. The highest BCUT2D eigenvalue weighted by Gasteiger charge is 2.35. The van der Waals surface area contributed by atoms with Crippen molar-refractivity contribution in [3.05, 3.63) is 0 Å². The van der Waals surface area contributed by atoms with Crippen LogP contribution in [0.15, 0.2) is 0 Å². The van der Waals surface area contributed by atoms with Gasteiger partial charge >= 0.3 is 16.3 Å². The second kappa shape index (κ2) is 9.79. The molecule has 0 aliphatic rings. The van der Waals surface area contributed by atoms with Crippen molar-refractivity contribution in [3.8, 4) is 0 Å². The van der Waals surface area contributed by atoms with Gasteiger partial charge in [0.15, 0.2) is 0 Å². The Bertz CT molecular complexity index is 575. The van der Waals surface area contributed by atoms with E-state index in [1.165, 1.54) is 0 Å². The van der Waals surface area contributed by atoms with Crippen molar-refractivity contribution in [1.82, 2.24) is 9.03 Å². The number of halogens is 1. The Morgan fingerprint density at radius 2 is 1.59 bits per heavy atom. The van der Waals surface area contributed by atoms with Crippen molar-refractivity contribution in [2.24, 2.45) is 5.92 Å². The molecule has 0 aromatic carbocycles. The van der Waals surface area contributed by atoms with Crippen LogP contribution in [0.5, 0.6) is 0 Å². The number of hydrogen-bond donors (Lipinski definition) is 1. The maximum atomic E-state index is 12.8. The topological polar surface area (TPSA) is 75.7 Å². The maximum absolute atomic E-state index is 12.8. The summed E-state index contributed by atoms with van der Waals surface area (Å²) in [6.07, 6.45) is 2.21. The molecule has 6 nitrogen and oxygen atoms in total. The minimum atomic E-state index is -4.06. The summed E-state index contributed by atoms with van der Waals surface area (Å²) in [7, 11) is -4.06. The Kier molecular flexibility index (Phi) is 9.60. The van der Waals surface area contributed by atoms with Gasteiger partial charge in [-0.3, -0.25) is 0 Å². The predicted octanol–water partition coefficient (Wildman–Crippen LogP) is 5.07. The molecule has 1 amide bonds. The SMILES string of the molecule is CC(C)CCCC(C)(Cl)CCN(C(=O)OC(C)(C)C)S(=O)(=O)NC(C)(C)C. The Labute approximate surface area is 171 Å². The average Bonchev–Trinajstić information content (AvgIpc) is 2.31. The van der Waals surface area contributed by atoms with Gasteiger partial charge in [-0.1, -0.05) is 26.7 Å². The van der Waals surface area contributed by atoms with Crippen molar-refractivity contribution in [2.45, 2.75) is 104 Å².